The minimum atomic E-state index is -1.33. The minimum Gasteiger partial charge on any atom is -0.393 e. The molecule has 0 aromatic carbocycles. The highest BCUT2D eigenvalue weighted by atomic mass is 16.7. The molecule has 0 aromatic heterocycles. The lowest BCUT2D eigenvalue weighted by molar-refractivity contribution is -0.292. The van der Waals surface area contributed by atoms with Crippen LogP contribution in [-0.4, -0.2) is 128 Å². The van der Waals surface area contributed by atoms with Crippen molar-refractivity contribution in [2.24, 2.45) is 52.3 Å². The van der Waals surface area contributed by atoms with Gasteiger partial charge >= 0.3 is 0 Å². The van der Waals surface area contributed by atoms with Gasteiger partial charge in [0.1, 0.15) is 36.6 Å². The van der Waals surface area contributed by atoms with Crippen molar-refractivity contribution in [3.63, 3.8) is 0 Å². The molecule has 6 fully saturated rings. The Kier molecular flexibility index (Phi) is 11.5. The summed E-state index contributed by atoms with van der Waals surface area (Å²) in [4.78, 5) is 0. The van der Waals surface area contributed by atoms with Crippen LogP contribution in [0, 0.1) is 52.3 Å². The smallest absolute Gasteiger partial charge is 0.186 e. The molecule has 0 radical (unpaired) electrons. The maximum absolute atomic E-state index is 11.8. The standard InChI is InChI=1S/C37H64O12/c1-17(2)28(49-35-33(45)31(43)27(41)16-47-35)7-6-18(3)22-14-25(39)29-20-13-24(38)23-12-19(48-34-32(44)30(42)26(40)15-46-34)8-10-36(23,4)21(20)9-11-37(22,29)5/h17-35,38-45H,6-16H2,1-5H3/t18-,19+,20-,21+,22-,23-,24-,25+,26-,27-,28+,29-,30+,31+,32-,33-,34+,35+,36-,37-/m1/s1. The molecule has 12 heteroatoms. The lowest BCUT2D eigenvalue weighted by Crippen LogP contribution is -2.60. The summed E-state index contributed by atoms with van der Waals surface area (Å²) in [5.74, 6) is 1.51. The van der Waals surface area contributed by atoms with E-state index in [1.165, 1.54) is 0 Å². The Morgan fingerprint density at radius 1 is 0.653 bits per heavy atom. The zero-order chi connectivity index (χ0) is 35.6. The molecular formula is C37H64O12. The van der Waals surface area contributed by atoms with Gasteiger partial charge in [0, 0.05) is 0 Å². The molecule has 4 aliphatic carbocycles. The summed E-state index contributed by atoms with van der Waals surface area (Å²) >= 11 is 0. The zero-order valence-corrected chi connectivity index (χ0v) is 30.0. The second-order valence-corrected chi connectivity index (χ2v) is 17.7. The maximum Gasteiger partial charge on any atom is 0.186 e. The van der Waals surface area contributed by atoms with Crippen LogP contribution in [-0.2, 0) is 18.9 Å². The third kappa shape index (κ3) is 7.01. The van der Waals surface area contributed by atoms with E-state index in [0.29, 0.717) is 30.6 Å². The van der Waals surface area contributed by atoms with Crippen molar-refractivity contribution in [3.05, 3.63) is 0 Å². The van der Waals surface area contributed by atoms with E-state index in [9.17, 15) is 40.9 Å². The van der Waals surface area contributed by atoms with Gasteiger partial charge in [0.15, 0.2) is 12.6 Å². The number of aliphatic hydroxyl groups is 8. The highest BCUT2D eigenvalue weighted by molar-refractivity contribution is 5.13. The number of hydrogen-bond acceptors (Lipinski definition) is 12. The van der Waals surface area contributed by atoms with Crippen LogP contribution in [0.4, 0.5) is 0 Å². The Morgan fingerprint density at radius 2 is 1.27 bits per heavy atom. The van der Waals surface area contributed by atoms with Crippen molar-refractivity contribution >= 4 is 0 Å². The first-order valence-electron chi connectivity index (χ1n) is 19.0. The number of fused-ring (bicyclic) bond motifs is 5. The van der Waals surface area contributed by atoms with E-state index >= 15 is 0 Å². The van der Waals surface area contributed by atoms with Crippen LogP contribution in [0.3, 0.4) is 0 Å². The van der Waals surface area contributed by atoms with Crippen molar-refractivity contribution in [2.75, 3.05) is 13.2 Å². The SMILES string of the molecule is CC(C)[C@H](CC[C@@H](C)[C@H]1C[C@H](O)[C@H]2[C@@H]3C[C@@H](O)[C@H]4C[C@@H](O[C@@H]5OC[C@@H](O)[C@H](O)[C@H]5O)CC[C@]4(C)[C@H]3CC[C@@]21C)O[C@@H]1OC[C@@H](O)[C@H](O)[C@H]1O. The minimum absolute atomic E-state index is 0.0189. The van der Waals surface area contributed by atoms with Gasteiger partial charge in [0.05, 0.1) is 37.6 Å². The molecule has 0 unspecified atom stereocenters. The number of hydrogen-bond donors (Lipinski definition) is 8. The van der Waals surface area contributed by atoms with E-state index in [1.807, 2.05) is 0 Å². The summed E-state index contributed by atoms with van der Waals surface area (Å²) in [5.41, 5.74) is -0.161. The van der Waals surface area contributed by atoms with Gasteiger partial charge < -0.3 is 59.8 Å². The van der Waals surface area contributed by atoms with Gasteiger partial charge in [0.2, 0.25) is 0 Å². The fourth-order valence-electron chi connectivity index (χ4n) is 11.7. The van der Waals surface area contributed by atoms with Gasteiger partial charge in [0.25, 0.3) is 0 Å². The molecule has 2 saturated heterocycles. The molecule has 0 spiro atoms. The lowest BCUT2D eigenvalue weighted by Gasteiger charge is -2.62. The Hall–Kier alpha value is -0.480. The molecule has 2 heterocycles. The summed E-state index contributed by atoms with van der Waals surface area (Å²) in [6.45, 7) is 10.9. The average molecular weight is 701 g/mol. The summed E-state index contributed by atoms with van der Waals surface area (Å²) in [7, 11) is 0. The molecule has 6 aliphatic rings. The van der Waals surface area contributed by atoms with Gasteiger partial charge in [-0.15, -0.1) is 0 Å². The first kappa shape index (κ1) is 38.3. The molecule has 20 atom stereocenters. The van der Waals surface area contributed by atoms with Crippen LogP contribution < -0.4 is 0 Å². The highest BCUT2D eigenvalue weighted by Crippen LogP contribution is 2.68. The van der Waals surface area contributed by atoms with Crippen LogP contribution in [0.2, 0.25) is 0 Å². The second-order valence-electron chi connectivity index (χ2n) is 17.7. The van der Waals surface area contributed by atoms with Crippen LogP contribution in [0.25, 0.3) is 0 Å². The van der Waals surface area contributed by atoms with E-state index in [1.54, 1.807) is 0 Å². The predicted octanol–water partition coefficient (Wildman–Crippen LogP) is 1.31. The van der Waals surface area contributed by atoms with Crippen molar-refractivity contribution in [2.45, 2.75) is 166 Å². The Morgan fingerprint density at radius 3 is 1.92 bits per heavy atom. The van der Waals surface area contributed by atoms with E-state index < -0.39 is 61.4 Å². The van der Waals surface area contributed by atoms with E-state index in [2.05, 4.69) is 34.6 Å². The van der Waals surface area contributed by atoms with Gasteiger partial charge in [-0.05, 0) is 110 Å². The Balaban J connectivity index is 1.09. The fourth-order valence-corrected chi connectivity index (χ4v) is 11.7. The van der Waals surface area contributed by atoms with E-state index in [-0.39, 0.29) is 59.9 Å². The average Bonchev–Trinajstić information content (AvgIpc) is 3.33. The second kappa shape index (κ2) is 14.7. The molecule has 284 valence electrons. The summed E-state index contributed by atoms with van der Waals surface area (Å²) in [5, 5.41) is 84.3. The molecular weight excluding hydrogens is 636 g/mol. The predicted molar refractivity (Wildman–Crippen MR) is 176 cm³/mol. The zero-order valence-electron chi connectivity index (χ0n) is 30.0. The van der Waals surface area contributed by atoms with Gasteiger partial charge in [-0.25, -0.2) is 0 Å². The molecule has 0 bridgehead atoms. The Bertz CT molecular complexity index is 1110. The molecule has 12 nitrogen and oxygen atoms in total. The summed E-state index contributed by atoms with van der Waals surface area (Å²) in [6, 6.07) is 0. The topological polar surface area (TPSA) is 199 Å². The van der Waals surface area contributed by atoms with Crippen LogP contribution in [0.5, 0.6) is 0 Å². The van der Waals surface area contributed by atoms with Crippen molar-refractivity contribution in [1.82, 2.24) is 0 Å². The first-order chi connectivity index (χ1) is 23.1. The summed E-state index contributed by atoms with van der Waals surface area (Å²) < 4.78 is 23.4. The molecule has 8 N–H and O–H groups in total. The van der Waals surface area contributed by atoms with Crippen LogP contribution in [0.15, 0.2) is 0 Å². The molecule has 2 aliphatic heterocycles. The van der Waals surface area contributed by atoms with Crippen LogP contribution in [0.1, 0.15) is 92.4 Å². The summed E-state index contributed by atoms with van der Waals surface area (Å²) in [6.07, 6.45) is -3.65. The monoisotopic (exact) mass is 700 g/mol. The van der Waals surface area contributed by atoms with Gasteiger partial charge in [-0.3, -0.25) is 0 Å². The third-order valence-corrected chi connectivity index (χ3v) is 14.6. The molecule has 6 rings (SSSR count). The van der Waals surface area contributed by atoms with E-state index in [4.69, 9.17) is 18.9 Å². The molecule has 49 heavy (non-hydrogen) atoms. The van der Waals surface area contributed by atoms with Crippen molar-refractivity contribution in [3.8, 4) is 0 Å². The Labute approximate surface area is 291 Å². The molecule has 0 amide bonds. The fraction of sp³-hybridized carbons (Fsp3) is 1.00. The lowest BCUT2D eigenvalue weighted by atomic mass is 9.43. The largest absolute Gasteiger partial charge is 0.393 e. The number of aliphatic hydroxyl groups excluding tert-OH is 8. The van der Waals surface area contributed by atoms with Crippen molar-refractivity contribution in [1.29, 1.82) is 0 Å². The van der Waals surface area contributed by atoms with Gasteiger partial charge in [-0.2, -0.15) is 0 Å². The van der Waals surface area contributed by atoms with E-state index in [0.717, 1.165) is 44.9 Å². The highest BCUT2D eigenvalue weighted by Gasteiger charge is 2.65. The maximum atomic E-state index is 11.8. The molecule has 4 saturated carbocycles. The quantitative estimate of drug-likeness (QED) is 0.161. The first-order valence-corrected chi connectivity index (χ1v) is 19.0. The normalized spacial score (nSPS) is 53.0. The van der Waals surface area contributed by atoms with Gasteiger partial charge in [-0.1, -0.05) is 34.6 Å². The molecule has 0 aromatic rings. The number of rotatable bonds is 9. The van der Waals surface area contributed by atoms with Crippen LogP contribution >= 0.6 is 0 Å². The number of ether oxygens (including phenoxy) is 4. The van der Waals surface area contributed by atoms with Crippen molar-refractivity contribution < 1.29 is 59.8 Å². The third-order valence-electron chi connectivity index (χ3n) is 14.6.